The predicted molar refractivity (Wildman–Crippen MR) is 137 cm³/mol. The first-order valence-corrected chi connectivity index (χ1v) is 14.3. The Morgan fingerprint density at radius 2 is 1.68 bits per heavy atom. The number of carbonyl (C=O) groups is 1. The van der Waals surface area contributed by atoms with Crippen molar-refractivity contribution in [2.45, 2.75) is 112 Å². The van der Waals surface area contributed by atoms with Crippen molar-refractivity contribution in [2.24, 2.45) is 51.8 Å². The van der Waals surface area contributed by atoms with E-state index in [4.69, 9.17) is 16.1 Å². The fraction of sp³-hybridized carbons (Fsp3) is 0.903. The highest BCUT2D eigenvalue weighted by molar-refractivity contribution is 5.75. The van der Waals surface area contributed by atoms with Crippen LogP contribution in [0.5, 0.6) is 0 Å². The van der Waals surface area contributed by atoms with Crippen molar-refractivity contribution < 1.29 is 14.3 Å². The zero-order chi connectivity index (χ0) is 24.5. The van der Waals surface area contributed by atoms with Gasteiger partial charge in [0, 0.05) is 24.7 Å². The number of rotatable bonds is 4. The van der Waals surface area contributed by atoms with Crippen LogP contribution in [0.15, 0.2) is 12.2 Å². The lowest BCUT2D eigenvalue weighted by molar-refractivity contribution is -0.328. The molecule has 4 aliphatic carbocycles. The van der Waals surface area contributed by atoms with Crippen LogP contribution in [0.3, 0.4) is 0 Å². The van der Waals surface area contributed by atoms with Gasteiger partial charge in [-0.1, -0.05) is 46.8 Å². The summed E-state index contributed by atoms with van der Waals surface area (Å²) >= 11 is 0. The minimum atomic E-state index is -0.347. The molecular formula is C31H50O3. The molecule has 5 fully saturated rings. The molecular weight excluding hydrogens is 420 g/mol. The number of ketones is 1. The number of ether oxygens (including phenoxy) is 2. The Kier molecular flexibility index (Phi) is 6.20. The van der Waals surface area contributed by atoms with Crippen LogP contribution in [-0.2, 0) is 14.3 Å². The molecule has 5 rings (SSSR count). The second kappa shape index (κ2) is 8.44. The van der Waals surface area contributed by atoms with Crippen molar-refractivity contribution in [2.75, 3.05) is 13.2 Å². The molecule has 3 nitrogen and oxygen atoms in total. The molecule has 5 aliphatic rings. The molecule has 192 valence electrons. The quantitative estimate of drug-likeness (QED) is 0.397. The maximum atomic E-state index is 11.6. The van der Waals surface area contributed by atoms with Gasteiger partial charge in [-0.25, -0.2) is 0 Å². The lowest BCUT2D eigenvalue weighted by Gasteiger charge is -2.63. The van der Waals surface area contributed by atoms with E-state index >= 15 is 0 Å². The summed E-state index contributed by atoms with van der Waals surface area (Å²) < 4.78 is 13.0. The van der Waals surface area contributed by atoms with E-state index in [1.165, 1.54) is 37.7 Å². The highest BCUT2D eigenvalue weighted by atomic mass is 16.7. The summed E-state index contributed by atoms with van der Waals surface area (Å²) in [4.78, 5) is 11.6. The lowest BCUT2D eigenvalue weighted by Crippen LogP contribution is -2.59. The topological polar surface area (TPSA) is 35.5 Å². The Hall–Kier alpha value is -0.670. The van der Waals surface area contributed by atoms with Gasteiger partial charge in [-0.15, -0.1) is 0 Å². The molecule has 0 N–H and O–H groups in total. The van der Waals surface area contributed by atoms with Crippen molar-refractivity contribution in [3.8, 4) is 0 Å². The molecule has 3 heteroatoms. The number of carbonyl (C=O) groups excluding carboxylic acids is 1. The minimum Gasteiger partial charge on any atom is -0.349 e. The van der Waals surface area contributed by atoms with Crippen molar-refractivity contribution in [1.29, 1.82) is 0 Å². The van der Waals surface area contributed by atoms with Gasteiger partial charge in [0.1, 0.15) is 5.78 Å². The van der Waals surface area contributed by atoms with Crippen molar-refractivity contribution in [1.82, 2.24) is 0 Å². The van der Waals surface area contributed by atoms with Gasteiger partial charge >= 0.3 is 0 Å². The molecule has 1 aliphatic heterocycles. The fourth-order valence-corrected chi connectivity index (χ4v) is 9.68. The maximum absolute atomic E-state index is 11.6. The largest absolute Gasteiger partial charge is 0.349 e. The van der Waals surface area contributed by atoms with E-state index in [0.717, 1.165) is 63.1 Å². The summed E-state index contributed by atoms with van der Waals surface area (Å²) in [5.74, 6) is 4.27. The molecule has 34 heavy (non-hydrogen) atoms. The summed E-state index contributed by atoms with van der Waals surface area (Å²) in [7, 11) is 0. The second-order valence-electron chi connectivity index (χ2n) is 14.6. The number of allylic oxidation sites excluding steroid dienone is 1. The van der Waals surface area contributed by atoms with Crippen molar-refractivity contribution >= 4 is 5.78 Å². The van der Waals surface area contributed by atoms with E-state index < -0.39 is 0 Å². The van der Waals surface area contributed by atoms with Crippen LogP contribution < -0.4 is 0 Å². The van der Waals surface area contributed by atoms with Crippen molar-refractivity contribution in [3.05, 3.63) is 12.2 Å². The van der Waals surface area contributed by atoms with Gasteiger partial charge in [0.05, 0.1) is 13.2 Å². The van der Waals surface area contributed by atoms with E-state index in [9.17, 15) is 4.79 Å². The predicted octanol–water partition coefficient (Wildman–Crippen LogP) is 7.59. The van der Waals surface area contributed by atoms with E-state index in [-0.39, 0.29) is 11.2 Å². The summed E-state index contributed by atoms with van der Waals surface area (Å²) in [6.07, 6.45) is 11.7. The normalized spacial score (nSPS) is 45.8. The molecule has 8 atom stereocenters. The number of hydrogen-bond donors (Lipinski definition) is 0. The summed E-state index contributed by atoms with van der Waals surface area (Å²) in [5.41, 5.74) is 2.47. The summed E-state index contributed by atoms with van der Waals surface area (Å²) in [5, 5.41) is 0. The average molecular weight is 471 g/mol. The first kappa shape index (κ1) is 25.0. The highest BCUT2D eigenvalue weighted by Crippen LogP contribution is 2.70. The SMILES string of the molecule is C=C1C[C@@H]2CC3(CC[C@]2(C)[C@H]2CC[C@]4(C)[C@@H]([C@H](C)CCC(C)=O)CC[C@H]4[C@H]12)OCC(C)(C)CO3. The van der Waals surface area contributed by atoms with Crippen LogP contribution in [0.2, 0.25) is 0 Å². The average Bonchev–Trinajstić information content (AvgIpc) is 3.13. The van der Waals surface area contributed by atoms with Gasteiger partial charge in [-0.2, -0.15) is 0 Å². The maximum Gasteiger partial charge on any atom is 0.168 e. The molecule has 0 amide bonds. The van der Waals surface area contributed by atoms with Crippen LogP contribution in [-0.4, -0.2) is 24.8 Å². The molecule has 1 spiro atoms. The third-order valence-electron chi connectivity index (χ3n) is 11.8. The molecule has 0 radical (unpaired) electrons. The van der Waals surface area contributed by atoms with E-state index in [0.29, 0.717) is 34.4 Å². The minimum absolute atomic E-state index is 0.127. The third kappa shape index (κ3) is 3.96. The Morgan fingerprint density at radius 1 is 1.00 bits per heavy atom. The molecule has 0 aromatic heterocycles. The van der Waals surface area contributed by atoms with Gasteiger partial charge < -0.3 is 14.3 Å². The standard InChI is InChI=1S/C31H50O3/c1-20(8-9-22(3)32)24-10-11-25-27-21(2)16-23-17-31(33-18-28(4,5)19-34-31)15-14-29(23,6)26(27)12-13-30(24,25)7/h20,23-27H,2,8-19H2,1,3-7H3/t20-,23-,24-,25+,26+,27+,29+,30-/m1/s1. The van der Waals surface area contributed by atoms with Gasteiger partial charge in [0.15, 0.2) is 5.79 Å². The Morgan fingerprint density at radius 3 is 2.35 bits per heavy atom. The highest BCUT2D eigenvalue weighted by Gasteiger charge is 2.63. The second-order valence-corrected chi connectivity index (χ2v) is 14.6. The monoisotopic (exact) mass is 470 g/mol. The molecule has 0 bridgehead atoms. The summed E-state index contributed by atoms with van der Waals surface area (Å²) in [6.45, 7) is 20.3. The molecule has 1 saturated heterocycles. The molecule has 0 unspecified atom stereocenters. The fourth-order valence-electron chi connectivity index (χ4n) is 9.68. The van der Waals surface area contributed by atoms with E-state index in [1.807, 2.05) is 0 Å². The summed E-state index contributed by atoms with van der Waals surface area (Å²) in [6, 6.07) is 0. The number of fused-ring (bicyclic) bond motifs is 5. The van der Waals surface area contributed by atoms with Crippen LogP contribution in [0.4, 0.5) is 0 Å². The molecule has 0 aromatic rings. The van der Waals surface area contributed by atoms with Crippen LogP contribution in [0.25, 0.3) is 0 Å². The Bertz CT molecular complexity index is 819. The van der Waals surface area contributed by atoms with Crippen LogP contribution >= 0.6 is 0 Å². The van der Waals surface area contributed by atoms with Gasteiger partial charge in [-0.05, 0) is 98.2 Å². The first-order chi connectivity index (χ1) is 15.9. The molecule has 4 saturated carbocycles. The zero-order valence-corrected chi connectivity index (χ0v) is 22.9. The Balaban J connectivity index is 1.33. The van der Waals surface area contributed by atoms with Crippen LogP contribution in [0, 0.1) is 51.8 Å². The molecule has 0 aromatic carbocycles. The van der Waals surface area contributed by atoms with Crippen LogP contribution in [0.1, 0.15) is 106 Å². The Labute approximate surface area is 208 Å². The molecule has 1 heterocycles. The van der Waals surface area contributed by atoms with Gasteiger partial charge in [0.2, 0.25) is 0 Å². The van der Waals surface area contributed by atoms with E-state index in [1.54, 1.807) is 6.92 Å². The smallest absolute Gasteiger partial charge is 0.168 e. The van der Waals surface area contributed by atoms with Gasteiger partial charge in [0.25, 0.3) is 0 Å². The number of hydrogen-bond acceptors (Lipinski definition) is 3. The first-order valence-electron chi connectivity index (χ1n) is 14.3. The van der Waals surface area contributed by atoms with Gasteiger partial charge in [-0.3, -0.25) is 0 Å². The third-order valence-corrected chi connectivity index (χ3v) is 11.8. The zero-order valence-electron chi connectivity index (χ0n) is 22.9. The lowest BCUT2D eigenvalue weighted by atomic mass is 9.43. The number of Topliss-reactive ketones (excluding diaryl/α,β-unsaturated/α-hetero) is 1. The van der Waals surface area contributed by atoms with Crippen molar-refractivity contribution in [3.63, 3.8) is 0 Å². The van der Waals surface area contributed by atoms with E-state index in [2.05, 4.69) is 34.6 Å².